The Kier molecular flexibility index (Phi) is 4.14. The summed E-state index contributed by atoms with van der Waals surface area (Å²) in [5, 5.41) is 0. The van der Waals surface area contributed by atoms with E-state index in [4.69, 9.17) is 10.5 Å². The Morgan fingerprint density at radius 2 is 2.17 bits per heavy atom. The highest BCUT2D eigenvalue weighted by atomic mass is 16.5. The third-order valence-electron chi connectivity index (χ3n) is 3.36. The van der Waals surface area contributed by atoms with Gasteiger partial charge in [-0.2, -0.15) is 0 Å². The topological polar surface area (TPSA) is 64.3 Å². The summed E-state index contributed by atoms with van der Waals surface area (Å²) < 4.78 is 5.60. The van der Waals surface area contributed by atoms with E-state index < -0.39 is 0 Å². The van der Waals surface area contributed by atoms with E-state index in [0.29, 0.717) is 13.2 Å². The summed E-state index contributed by atoms with van der Waals surface area (Å²) in [5.74, 6) is 1.89. The summed E-state index contributed by atoms with van der Waals surface area (Å²) >= 11 is 0. The first-order valence-corrected chi connectivity index (χ1v) is 6.56. The lowest BCUT2D eigenvalue weighted by Gasteiger charge is -2.34. The van der Waals surface area contributed by atoms with E-state index in [1.165, 1.54) is 5.56 Å². The van der Waals surface area contributed by atoms with Crippen molar-refractivity contribution >= 4 is 5.82 Å². The van der Waals surface area contributed by atoms with Crippen LogP contribution in [-0.4, -0.2) is 42.3 Å². The van der Waals surface area contributed by atoms with Gasteiger partial charge in [0.05, 0.1) is 12.7 Å². The Morgan fingerprint density at radius 3 is 2.83 bits per heavy atom. The average Bonchev–Trinajstić information content (AvgIpc) is 2.38. The van der Waals surface area contributed by atoms with Crippen LogP contribution in [0.4, 0.5) is 5.82 Å². The zero-order valence-corrected chi connectivity index (χ0v) is 11.4. The molecule has 2 heterocycles. The second-order valence-corrected chi connectivity index (χ2v) is 4.69. The predicted molar refractivity (Wildman–Crippen MR) is 71.9 cm³/mol. The summed E-state index contributed by atoms with van der Waals surface area (Å²) in [6.45, 7) is 9.10. The van der Waals surface area contributed by atoms with Crippen molar-refractivity contribution in [1.29, 1.82) is 0 Å². The molecule has 1 aromatic heterocycles. The average molecular weight is 250 g/mol. The van der Waals surface area contributed by atoms with E-state index in [-0.39, 0.29) is 6.10 Å². The van der Waals surface area contributed by atoms with E-state index in [2.05, 4.69) is 28.7 Å². The molecule has 5 nitrogen and oxygen atoms in total. The van der Waals surface area contributed by atoms with Gasteiger partial charge in [0.1, 0.15) is 11.6 Å². The highest BCUT2D eigenvalue weighted by Gasteiger charge is 2.23. The van der Waals surface area contributed by atoms with E-state index in [1.54, 1.807) is 0 Å². The lowest BCUT2D eigenvalue weighted by atomic mass is 10.1. The molecular weight excluding hydrogens is 228 g/mol. The summed E-state index contributed by atoms with van der Waals surface area (Å²) in [4.78, 5) is 11.3. The van der Waals surface area contributed by atoms with Crippen molar-refractivity contribution in [3.8, 4) is 0 Å². The molecule has 1 saturated heterocycles. The molecule has 2 N–H and O–H groups in total. The molecule has 0 bridgehead atoms. The van der Waals surface area contributed by atoms with Crippen LogP contribution in [0.3, 0.4) is 0 Å². The van der Waals surface area contributed by atoms with Gasteiger partial charge in [-0.3, -0.25) is 0 Å². The normalized spacial score (nSPS) is 20.2. The molecule has 2 rings (SSSR count). The molecule has 0 saturated carbocycles. The standard InChI is InChI=1S/C13H22N4O/c1-4-12-9(2)15-10(3)16-13(12)17-5-6-18-11(7-14)8-17/h11H,4-8,14H2,1-3H3/t11-/m0/s1. The number of ether oxygens (including phenoxy) is 1. The Morgan fingerprint density at radius 1 is 1.39 bits per heavy atom. The molecule has 18 heavy (non-hydrogen) atoms. The molecule has 1 aliphatic heterocycles. The zero-order chi connectivity index (χ0) is 13.1. The van der Waals surface area contributed by atoms with Gasteiger partial charge in [0, 0.05) is 30.9 Å². The number of morpholine rings is 1. The minimum Gasteiger partial charge on any atom is -0.373 e. The molecule has 0 spiro atoms. The predicted octanol–water partition coefficient (Wildman–Crippen LogP) is 0.820. The molecule has 5 heteroatoms. The third kappa shape index (κ3) is 2.62. The van der Waals surface area contributed by atoms with Crippen LogP contribution in [-0.2, 0) is 11.2 Å². The van der Waals surface area contributed by atoms with Crippen molar-refractivity contribution in [1.82, 2.24) is 9.97 Å². The highest BCUT2D eigenvalue weighted by molar-refractivity contribution is 5.49. The van der Waals surface area contributed by atoms with Crippen molar-refractivity contribution in [2.24, 2.45) is 5.73 Å². The van der Waals surface area contributed by atoms with Crippen molar-refractivity contribution in [3.05, 3.63) is 17.1 Å². The minimum atomic E-state index is 0.110. The lowest BCUT2D eigenvalue weighted by molar-refractivity contribution is 0.0462. The SMILES string of the molecule is CCc1c(C)nc(C)nc1N1CCO[C@@H](CN)C1. The monoisotopic (exact) mass is 250 g/mol. The fourth-order valence-corrected chi connectivity index (χ4v) is 2.45. The van der Waals surface area contributed by atoms with E-state index in [0.717, 1.165) is 36.8 Å². The molecule has 100 valence electrons. The molecule has 1 atom stereocenters. The Balaban J connectivity index is 2.31. The van der Waals surface area contributed by atoms with Crippen molar-refractivity contribution in [3.63, 3.8) is 0 Å². The smallest absolute Gasteiger partial charge is 0.135 e. The number of aryl methyl sites for hydroxylation is 2. The number of hydrogen-bond acceptors (Lipinski definition) is 5. The maximum Gasteiger partial charge on any atom is 0.135 e. The Bertz CT molecular complexity index is 422. The van der Waals surface area contributed by atoms with E-state index >= 15 is 0 Å². The van der Waals surface area contributed by atoms with Crippen molar-refractivity contribution < 1.29 is 4.74 Å². The van der Waals surface area contributed by atoms with Gasteiger partial charge in [-0.1, -0.05) is 6.92 Å². The number of hydrogen-bond donors (Lipinski definition) is 1. The first-order valence-electron chi connectivity index (χ1n) is 6.56. The van der Waals surface area contributed by atoms with E-state index in [9.17, 15) is 0 Å². The molecule has 0 unspecified atom stereocenters. The van der Waals surface area contributed by atoms with Crippen LogP contribution < -0.4 is 10.6 Å². The molecule has 1 aliphatic rings. The fraction of sp³-hybridized carbons (Fsp3) is 0.692. The fourth-order valence-electron chi connectivity index (χ4n) is 2.45. The van der Waals surface area contributed by atoms with E-state index in [1.807, 2.05) is 6.92 Å². The number of rotatable bonds is 3. The maximum absolute atomic E-state index is 5.69. The van der Waals surface area contributed by atoms with Gasteiger partial charge in [-0.25, -0.2) is 9.97 Å². The largest absolute Gasteiger partial charge is 0.373 e. The summed E-state index contributed by atoms with van der Waals surface area (Å²) in [6.07, 6.45) is 1.06. The molecule has 0 amide bonds. The van der Waals surface area contributed by atoms with Gasteiger partial charge in [0.2, 0.25) is 0 Å². The van der Waals surface area contributed by atoms with Crippen LogP contribution in [0, 0.1) is 13.8 Å². The van der Waals surface area contributed by atoms with Crippen LogP contribution in [0.1, 0.15) is 24.0 Å². The minimum absolute atomic E-state index is 0.110. The van der Waals surface area contributed by atoms with Gasteiger partial charge in [-0.05, 0) is 20.3 Å². The second-order valence-electron chi connectivity index (χ2n) is 4.69. The highest BCUT2D eigenvalue weighted by Crippen LogP contribution is 2.23. The Labute approximate surface area is 108 Å². The number of aromatic nitrogens is 2. The summed E-state index contributed by atoms with van der Waals surface area (Å²) in [5.41, 5.74) is 8.00. The molecule has 0 aromatic carbocycles. The first-order chi connectivity index (χ1) is 8.65. The maximum atomic E-state index is 5.69. The van der Waals surface area contributed by atoms with Gasteiger partial charge in [0.25, 0.3) is 0 Å². The van der Waals surface area contributed by atoms with Crippen LogP contribution >= 0.6 is 0 Å². The quantitative estimate of drug-likeness (QED) is 0.860. The van der Waals surface area contributed by atoms with Gasteiger partial charge >= 0.3 is 0 Å². The van der Waals surface area contributed by atoms with Gasteiger partial charge in [-0.15, -0.1) is 0 Å². The van der Waals surface area contributed by atoms with Crippen LogP contribution in [0.5, 0.6) is 0 Å². The lowest BCUT2D eigenvalue weighted by Crippen LogP contribution is -2.46. The van der Waals surface area contributed by atoms with Crippen LogP contribution in [0.2, 0.25) is 0 Å². The number of nitrogens with two attached hydrogens (primary N) is 1. The third-order valence-corrected chi connectivity index (χ3v) is 3.36. The first kappa shape index (κ1) is 13.2. The zero-order valence-electron chi connectivity index (χ0n) is 11.4. The number of nitrogens with zero attached hydrogens (tertiary/aromatic N) is 3. The number of anilines is 1. The van der Waals surface area contributed by atoms with Crippen LogP contribution in [0.15, 0.2) is 0 Å². The molecule has 0 aliphatic carbocycles. The molecule has 1 fully saturated rings. The second kappa shape index (κ2) is 5.63. The summed E-state index contributed by atoms with van der Waals surface area (Å²) in [6, 6.07) is 0. The van der Waals surface area contributed by atoms with Crippen molar-refractivity contribution in [2.45, 2.75) is 33.3 Å². The summed E-state index contributed by atoms with van der Waals surface area (Å²) in [7, 11) is 0. The molecular formula is C13H22N4O. The van der Waals surface area contributed by atoms with Gasteiger partial charge in [0.15, 0.2) is 0 Å². The van der Waals surface area contributed by atoms with Crippen LogP contribution in [0.25, 0.3) is 0 Å². The molecule has 0 radical (unpaired) electrons. The van der Waals surface area contributed by atoms with Gasteiger partial charge < -0.3 is 15.4 Å². The van der Waals surface area contributed by atoms with Crippen molar-refractivity contribution in [2.75, 3.05) is 31.1 Å². The Hall–Kier alpha value is -1.20. The molecule has 1 aromatic rings.